The number of hydrogen-bond acceptors (Lipinski definition) is 4. The predicted molar refractivity (Wildman–Crippen MR) is 107 cm³/mol. The van der Waals surface area contributed by atoms with Crippen LogP contribution in [0.2, 0.25) is 0 Å². The number of rotatable bonds is 8. The lowest BCUT2D eigenvalue weighted by atomic mass is 9.92. The molecule has 164 valence electrons. The maximum absolute atomic E-state index is 12.9. The van der Waals surface area contributed by atoms with E-state index in [2.05, 4.69) is 10.0 Å². The minimum atomic E-state index is -4.47. The Hall–Kier alpha value is -2.75. The Morgan fingerprint density at radius 3 is 2.07 bits per heavy atom. The van der Waals surface area contributed by atoms with Gasteiger partial charge in [0.1, 0.15) is 5.75 Å². The number of anilines is 1. The molecule has 0 saturated heterocycles. The van der Waals surface area contributed by atoms with Crippen molar-refractivity contribution in [3.63, 3.8) is 0 Å². The van der Waals surface area contributed by atoms with E-state index >= 15 is 0 Å². The lowest BCUT2D eigenvalue weighted by Crippen LogP contribution is -2.43. The van der Waals surface area contributed by atoms with Crippen molar-refractivity contribution in [1.82, 2.24) is 5.32 Å². The molecular weight excluding hydrogens is 421 g/mol. The van der Waals surface area contributed by atoms with Gasteiger partial charge in [-0.3, -0.25) is 9.52 Å². The molecule has 0 aliphatic rings. The van der Waals surface area contributed by atoms with Crippen molar-refractivity contribution >= 4 is 21.6 Å². The molecule has 0 bridgehead atoms. The van der Waals surface area contributed by atoms with E-state index in [0.29, 0.717) is 18.0 Å². The number of ether oxygens (including phenoxy) is 1. The van der Waals surface area contributed by atoms with Gasteiger partial charge in [-0.05, 0) is 69.3 Å². The molecule has 1 amide bonds. The van der Waals surface area contributed by atoms with E-state index in [1.165, 1.54) is 24.3 Å². The van der Waals surface area contributed by atoms with Gasteiger partial charge in [0.05, 0.1) is 16.9 Å². The number of carbonyl (C=O) groups excluding carboxylic acids is 1. The molecule has 0 saturated carbocycles. The fourth-order valence-corrected chi connectivity index (χ4v) is 3.35. The smallest absolute Gasteiger partial charge is 0.395 e. The highest BCUT2D eigenvalue weighted by Gasteiger charge is 2.47. The Morgan fingerprint density at radius 1 is 1.00 bits per heavy atom. The molecule has 0 aliphatic heterocycles. The fourth-order valence-electron chi connectivity index (χ4n) is 2.29. The van der Waals surface area contributed by atoms with Crippen LogP contribution in [0.4, 0.5) is 18.9 Å². The second-order valence-electron chi connectivity index (χ2n) is 7.15. The molecule has 2 rings (SSSR count). The molecule has 2 N–H and O–H groups in total. The summed E-state index contributed by atoms with van der Waals surface area (Å²) in [5.41, 5.74) is -1.71. The van der Waals surface area contributed by atoms with Crippen molar-refractivity contribution in [2.45, 2.75) is 31.8 Å². The van der Waals surface area contributed by atoms with Gasteiger partial charge in [0.2, 0.25) is 0 Å². The summed E-state index contributed by atoms with van der Waals surface area (Å²) in [5, 5.41) is 2.22. The lowest BCUT2D eigenvalue weighted by Gasteiger charge is -2.27. The number of amides is 1. The highest BCUT2D eigenvalue weighted by atomic mass is 32.2. The van der Waals surface area contributed by atoms with Crippen molar-refractivity contribution in [2.24, 2.45) is 5.41 Å². The van der Waals surface area contributed by atoms with Gasteiger partial charge in [-0.2, -0.15) is 13.2 Å². The maximum atomic E-state index is 12.9. The Balaban J connectivity index is 2.05. The molecule has 30 heavy (non-hydrogen) atoms. The van der Waals surface area contributed by atoms with Gasteiger partial charge in [-0.15, -0.1) is 0 Å². The molecule has 0 heterocycles. The highest BCUT2D eigenvalue weighted by Crippen LogP contribution is 2.36. The number of sulfonamides is 1. The Bertz CT molecular complexity index is 971. The van der Waals surface area contributed by atoms with Gasteiger partial charge in [0.25, 0.3) is 15.9 Å². The highest BCUT2D eigenvalue weighted by molar-refractivity contribution is 7.92. The number of benzene rings is 2. The van der Waals surface area contributed by atoms with Gasteiger partial charge < -0.3 is 10.1 Å². The zero-order valence-corrected chi connectivity index (χ0v) is 17.5. The summed E-state index contributed by atoms with van der Waals surface area (Å²) in [7, 11) is -3.91. The molecule has 2 aromatic carbocycles. The van der Waals surface area contributed by atoms with Crippen molar-refractivity contribution in [3.8, 4) is 5.75 Å². The first-order valence-corrected chi connectivity index (χ1v) is 10.5. The van der Waals surface area contributed by atoms with E-state index in [0.717, 1.165) is 13.8 Å². The van der Waals surface area contributed by atoms with Crippen LogP contribution < -0.4 is 14.8 Å². The SMILES string of the molecule is CCOc1ccc(NS(=O)(=O)c2ccc(C(=O)NCC(C)(C)C(F)(F)F)cc2)cc1. The number of halogens is 3. The largest absolute Gasteiger partial charge is 0.494 e. The minimum Gasteiger partial charge on any atom is -0.494 e. The zero-order chi connectivity index (χ0) is 22.6. The molecule has 0 aromatic heterocycles. The standard InChI is InChI=1S/C20H23F3N2O4S/c1-4-29-16-9-7-15(8-10-16)25-30(27,28)17-11-5-14(6-12-17)18(26)24-13-19(2,3)20(21,22)23/h5-12,25H,4,13H2,1-3H3,(H,24,26). The van der Waals surface area contributed by atoms with Crippen LogP contribution in [0.1, 0.15) is 31.1 Å². The summed E-state index contributed by atoms with van der Waals surface area (Å²) in [6, 6.07) is 11.2. The zero-order valence-electron chi connectivity index (χ0n) is 16.7. The molecule has 0 atom stereocenters. The summed E-state index contributed by atoms with van der Waals surface area (Å²) < 4.78 is 71.3. The average Bonchev–Trinajstić information content (AvgIpc) is 2.67. The number of hydrogen-bond donors (Lipinski definition) is 2. The summed E-state index contributed by atoms with van der Waals surface area (Å²) >= 11 is 0. The van der Waals surface area contributed by atoms with Crippen LogP contribution in [0.15, 0.2) is 53.4 Å². The summed E-state index contributed by atoms with van der Waals surface area (Å²) in [6.07, 6.45) is -4.47. The molecule has 0 unspecified atom stereocenters. The number of alkyl halides is 3. The third kappa shape index (κ3) is 5.88. The quantitative estimate of drug-likeness (QED) is 0.639. The van der Waals surface area contributed by atoms with Crippen molar-refractivity contribution in [2.75, 3.05) is 17.9 Å². The van der Waals surface area contributed by atoms with E-state index < -0.39 is 34.1 Å². The molecule has 0 spiro atoms. The van der Waals surface area contributed by atoms with Crippen molar-refractivity contribution < 1.29 is 31.1 Å². The van der Waals surface area contributed by atoms with Gasteiger partial charge in [0.15, 0.2) is 0 Å². The second kappa shape index (κ2) is 8.95. The van der Waals surface area contributed by atoms with Crippen molar-refractivity contribution in [1.29, 1.82) is 0 Å². The molecule has 0 aliphatic carbocycles. The van der Waals surface area contributed by atoms with E-state index in [1.54, 1.807) is 24.3 Å². The third-order valence-electron chi connectivity index (χ3n) is 4.30. The van der Waals surface area contributed by atoms with E-state index in [9.17, 15) is 26.4 Å². The average molecular weight is 444 g/mol. The van der Waals surface area contributed by atoms with Crippen LogP contribution in [0.5, 0.6) is 5.75 Å². The van der Waals surface area contributed by atoms with Crippen LogP contribution >= 0.6 is 0 Å². The van der Waals surface area contributed by atoms with Gasteiger partial charge >= 0.3 is 6.18 Å². The van der Waals surface area contributed by atoms with E-state index in [1.807, 2.05) is 6.92 Å². The molecular formula is C20H23F3N2O4S. The van der Waals surface area contributed by atoms with Crippen LogP contribution in [-0.4, -0.2) is 33.7 Å². The Labute approximate surface area is 173 Å². The normalized spacial score (nSPS) is 12.3. The third-order valence-corrected chi connectivity index (χ3v) is 5.70. The Morgan fingerprint density at radius 2 is 1.57 bits per heavy atom. The Kier molecular flexibility index (Phi) is 7.02. The lowest BCUT2D eigenvalue weighted by molar-refractivity contribution is -0.208. The molecule has 10 heteroatoms. The maximum Gasteiger partial charge on any atom is 0.395 e. The first-order valence-electron chi connectivity index (χ1n) is 9.06. The van der Waals surface area contributed by atoms with Crippen LogP contribution in [0.3, 0.4) is 0 Å². The minimum absolute atomic E-state index is 0.0491. The second-order valence-corrected chi connectivity index (χ2v) is 8.83. The van der Waals surface area contributed by atoms with Crippen LogP contribution in [-0.2, 0) is 10.0 Å². The molecule has 0 fully saturated rings. The van der Waals surface area contributed by atoms with E-state index in [4.69, 9.17) is 4.74 Å². The first-order chi connectivity index (χ1) is 13.9. The van der Waals surface area contributed by atoms with Gasteiger partial charge in [-0.1, -0.05) is 0 Å². The summed E-state index contributed by atoms with van der Waals surface area (Å²) in [5.74, 6) is -0.125. The van der Waals surface area contributed by atoms with Gasteiger partial charge in [0, 0.05) is 17.8 Å². The van der Waals surface area contributed by atoms with Crippen LogP contribution in [0, 0.1) is 5.41 Å². The van der Waals surface area contributed by atoms with Crippen LogP contribution in [0.25, 0.3) is 0 Å². The molecule has 6 nitrogen and oxygen atoms in total. The monoisotopic (exact) mass is 444 g/mol. The topological polar surface area (TPSA) is 84.5 Å². The summed E-state index contributed by atoms with van der Waals surface area (Å²) in [4.78, 5) is 12.0. The number of nitrogens with one attached hydrogen (secondary N) is 2. The molecule has 0 radical (unpaired) electrons. The number of carbonyl (C=O) groups is 1. The van der Waals surface area contributed by atoms with Gasteiger partial charge in [-0.25, -0.2) is 8.42 Å². The molecule has 2 aromatic rings. The van der Waals surface area contributed by atoms with E-state index in [-0.39, 0.29) is 10.5 Å². The predicted octanol–water partition coefficient (Wildman–Crippen LogP) is 4.20. The summed E-state index contributed by atoms with van der Waals surface area (Å²) in [6.45, 7) is 3.68. The fraction of sp³-hybridized carbons (Fsp3) is 0.350. The van der Waals surface area contributed by atoms with Crippen molar-refractivity contribution in [3.05, 3.63) is 54.1 Å². The first kappa shape index (κ1) is 23.5.